The molecule has 1 aromatic carbocycles. The van der Waals surface area contributed by atoms with Crippen molar-refractivity contribution in [3.8, 4) is 0 Å². The van der Waals surface area contributed by atoms with Crippen LogP contribution in [0.5, 0.6) is 0 Å². The summed E-state index contributed by atoms with van der Waals surface area (Å²) in [5, 5.41) is 3.31. The van der Waals surface area contributed by atoms with Gasteiger partial charge in [-0.3, -0.25) is 4.79 Å². The molecule has 4 rings (SSSR count). The average molecular weight is 294 g/mol. The predicted molar refractivity (Wildman–Crippen MR) is 83.6 cm³/mol. The number of carbonyl (C=O) groups excluding carboxylic acids is 1. The molecule has 2 aliphatic rings. The van der Waals surface area contributed by atoms with Gasteiger partial charge in [-0.15, -0.1) is 0 Å². The summed E-state index contributed by atoms with van der Waals surface area (Å²) in [6.07, 6.45) is 4.72. The maximum Gasteiger partial charge on any atom is 0.272 e. The van der Waals surface area contributed by atoms with Crippen LogP contribution in [0.4, 0.5) is 5.82 Å². The second-order valence-electron chi connectivity index (χ2n) is 5.95. The molecule has 112 valence electrons. The van der Waals surface area contributed by atoms with Crippen LogP contribution in [0.2, 0.25) is 0 Å². The van der Waals surface area contributed by atoms with Crippen molar-refractivity contribution in [2.75, 3.05) is 11.9 Å². The van der Waals surface area contributed by atoms with E-state index in [2.05, 4.69) is 33.5 Å². The zero-order valence-electron chi connectivity index (χ0n) is 12.3. The first-order chi connectivity index (χ1) is 10.8. The fourth-order valence-electron chi connectivity index (χ4n) is 2.82. The van der Waals surface area contributed by atoms with Crippen molar-refractivity contribution < 1.29 is 4.79 Å². The number of nitrogens with one attached hydrogen (secondary N) is 1. The van der Waals surface area contributed by atoms with Crippen LogP contribution in [0.25, 0.3) is 0 Å². The number of nitrogens with zero attached hydrogens (tertiary/aromatic N) is 3. The number of hydrogen-bond acceptors (Lipinski definition) is 4. The number of hydrogen-bond donors (Lipinski definition) is 1. The molecule has 5 nitrogen and oxygen atoms in total. The van der Waals surface area contributed by atoms with E-state index >= 15 is 0 Å². The minimum absolute atomic E-state index is 0.0178. The molecule has 1 N–H and O–H groups in total. The van der Waals surface area contributed by atoms with E-state index in [1.807, 2.05) is 11.0 Å². The van der Waals surface area contributed by atoms with E-state index in [0.717, 1.165) is 18.8 Å². The molecule has 5 heteroatoms. The quantitative estimate of drug-likeness (QED) is 0.943. The Balaban J connectivity index is 1.52. The molecular formula is C17H18N4O. The first-order valence-electron chi connectivity index (χ1n) is 7.74. The predicted octanol–water partition coefficient (Wildman–Crippen LogP) is 2.25. The van der Waals surface area contributed by atoms with Gasteiger partial charge in [0.25, 0.3) is 5.91 Å². The van der Waals surface area contributed by atoms with Crippen molar-refractivity contribution in [2.45, 2.75) is 31.8 Å². The number of benzene rings is 1. The maximum atomic E-state index is 12.7. The molecule has 1 saturated carbocycles. The van der Waals surface area contributed by atoms with E-state index < -0.39 is 0 Å². The van der Waals surface area contributed by atoms with Crippen LogP contribution in [-0.2, 0) is 13.0 Å². The highest BCUT2D eigenvalue weighted by molar-refractivity contribution is 5.93. The highest BCUT2D eigenvalue weighted by Gasteiger charge is 2.24. The van der Waals surface area contributed by atoms with Gasteiger partial charge in [0.1, 0.15) is 17.8 Å². The zero-order valence-corrected chi connectivity index (χ0v) is 12.3. The van der Waals surface area contributed by atoms with Gasteiger partial charge in [0, 0.05) is 25.2 Å². The van der Waals surface area contributed by atoms with Crippen molar-refractivity contribution in [3.05, 3.63) is 53.5 Å². The SMILES string of the molecule is O=C(c1cc(NC2CC2)ncn1)N1CCc2ccccc2C1. The Hall–Kier alpha value is -2.43. The van der Waals surface area contributed by atoms with Crippen molar-refractivity contribution in [1.82, 2.24) is 14.9 Å². The Morgan fingerprint density at radius 1 is 1.18 bits per heavy atom. The number of carbonyl (C=O) groups is 1. The molecule has 1 amide bonds. The number of aromatic nitrogens is 2. The molecule has 1 aliphatic heterocycles. The molecule has 0 radical (unpaired) electrons. The molecule has 2 heterocycles. The summed E-state index contributed by atoms with van der Waals surface area (Å²) in [6, 6.07) is 10.6. The summed E-state index contributed by atoms with van der Waals surface area (Å²) in [4.78, 5) is 22.9. The molecule has 22 heavy (non-hydrogen) atoms. The van der Waals surface area contributed by atoms with Gasteiger partial charge in [-0.05, 0) is 30.4 Å². The molecule has 0 bridgehead atoms. The molecule has 0 unspecified atom stereocenters. The molecular weight excluding hydrogens is 276 g/mol. The third kappa shape index (κ3) is 2.66. The van der Waals surface area contributed by atoms with Crippen molar-refractivity contribution >= 4 is 11.7 Å². The van der Waals surface area contributed by atoms with Crippen LogP contribution in [0.3, 0.4) is 0 Å². The van der Waals surface area contributed by atoms with E-state index in [1.54, 1.807) is 6.07 Å². The standard InChI is InChI=1S/C17H18N4O/c22-17(15-9-16(19-11-18-15)20-14-5-6-14)21-8-7-12-3-1-2-4-13(12)10-21/h1-4,9,11,14H,5-8,10H2,(H,18,19,20). The molecule has 0 atom stereocenters. The molecule has 0 spiro atoms. The van der Waals surface area contributed by atoms with Gasteiger partial charge >= 0.3 is 0 Å². The van der Waals surface area contributed by atoms with Crippen LogP contribution in [0.15, 0.2) is 36.7 Å². The Kier molecular flexibility index (Phi) is 3.25. The molecule has 0 saturated heterocycles. The normalized spacial score (nSPS) is 17.0. The molecule has 2 aromatic rings. The molecule has 1 aromatic heterocycles. The van der Waals surface area contributed by atoms with Crippen molar-refractivity contribution in [3.63, 3.8) is 0 Å². The van der Waals surface area contributed by atoms with Gasteiger partial charge in [0.05, 0.1) is 0 Å². The number of anilines is 1. The molecule has 1 fully saturated rings. The third-order valence-corrected chi connectivity index (χ3v) is 4.23. The highest BCUT2D eigenvalue weighted by atomic mass is 16.2. The minimum Gasteiger partial charge on any atom is -0.367 e. The Labute approximate surface area is 129 Å². The number of fused-ring (bicyclic) bond motifs is 1. The lowest BCUT2D eigenvalue weighted by Gasteiger charge is -2.28. The Morgan fingerprint density at radius 2 is 2.00 bits per heavy atom. The number of rotatable bonds is 3. The third-order valence-electron chi connectivity index (χ3n) is 4.23. The first-order valence-corrected chi connectivity index (χ1v) is 7.74. The fraction of sp³-hybridized carbons (Fsp3) is 0.353. The van der Waals surface area contributed by atoms with Crippen LogP contribution in [-0.4, -0.2) is 33.4 Å². The van der Waals surface area contributed by atoms with Gasteiger partial charge in [-0.1, -0.05) is 24.3 Å². The van der Waals surface area contributed by atoms with Crippen LogP contribution in [0, 0.1) is 0 Å². The largest absolute Gasteiger partial charge is 0.367 e. The Morgan fingerprint density at radius 3 is 2.82 bits per heavy atom. The summed E-state index contributed by atoms with van der Waals surface area (Å²) in [7, 11) is 0. The molecule has 1 aliphatic carbocycles. The van der Waals surface area contributed by atoms with Crippen LogP contribution < -0.4 is 5.32 Å². The fourth-order valence-corrected chi connectivity index (χ4v) is 2.82. The number of amides is 1. The zero-order chi connectivity index (χ0) is 14.9. The maximum absolute atomic E-state index is 12.7. The lowest BCUT2D eigenvalue weighted by atomic mass is 10.00. The smallest absolute Gasteiger partial charge is 0.272 e. The average Bonchev–Trinajstić information content (AvgIpc) is 3.38. The van der Waals surface area contributed by atoms with Gasteiger partial charge in [-0.2, -0.15) is 0 Å². The van der Waals surface area contributed by atoms with E-state index in [1.165, 1.54) is 30.3 Å². The van der Waals surface area contributed by atoms with Gasteiger partial charge in [0.2, 0.25) is 0 Å². The summed E-state index contributed by atoms with van der Waals surface area (Å²) >= 11 is 0. The van der Waals surface area contributed by atoms with Crippen LogP contribution >= 0.6 is 0 Å². The summed E-state index contributed by atoms with van der Waals surface area (Å²) in [5.74, 6) is 0.731. The van der Waals surface area contributed by atoms with E-state index in [-0.39, 0.29) is 5.91 Å². The summed E-state index contributed by atoms with van der Waals surface area (Å²) in [6.45, 7) is 1.40. The lowest BCUT2D eigenvalue weighted by molar-refractivity contribution is 0.0728. The van der Waals surface area contributed by atoms with Gasteiger partial charge < -0.3 is 10.2 Å². The lowest BCUT2D eigenvalue weighted by Crippen LogP contribution is -2.36. The Bertz CT molecular complexity index is 711. The van der Waals surface area contributed by atoms with Gasteiger partial charge in [-0.25, -0.2) is 9.97 Å². The summed E-state index contributed by atoms with van der Waals surface area (Å²) in [5.41, 5.74) is 3.04. The van der Waals surface area contributed by atoms with E-state index in [9.17, 15) is 4.79 Å². The minimum atomic E-state index is -0.0178. The second-order valence-corrected chi connectivity index (χ2v) is 5.95. The van der Waals surface area contributed by atoms with Gasteiger partial charge in [0.15, 0.2) is 0 Å². The topological polar surface area (TPSA) is 58.1 Å². The van der Waals surface area contributed by atoms with Crippen LogP contribution in [0.1, 0.15) is 34.5 Å². The monoisotopic (exact) mass is 294 g/mol. The van der Waals surface area contributed by atoms with Crippen molar-refractivity contribution in [2.24, 2.45) is 0 Å². The van der Waals surface area contributed by atoms with E-state index in [0.29, 0.717) is 18.3 Å². The first kappa shape index (κ1) is 13.2. The summed E-state index contributed by atoms with van der Waals surface area (Å²) < 4.78 is 0. The van der Waals surface area contributed by atoms with E-state index in [4.69, 9.17) is 0 Å². The highest BCUT2D eigenvalue weighted by Crippen LogP contribution is 2.24. The van der Waals surface area contributed by atoms with Crippen molar-refractivity contribution in [1.29, 1.82) is 0 Å². The second kappa shape index (κ2) is 5.40.